The number of nitrogens with zero attached hydrogens (tertiary/aromatic N) is 3. The lowest BCUT2D eigenvalue weighted by molar-refractivity contribution is 0.0943. The summed E-state index contributed by atoms with van der Waals surface area (Å²) < 4.78 is 29.5. The number of benzene rings is 2. The highest BCUT2D eigenvalue weighted by Gasteiger charge is 2.28. The molecule has 0 saturated heterocycles. The maximum absolute atomic E-state index is 13.4. The molecule has 2 aromatic carbocycles. The standard InChI is InChI=1S/C21H24N4O3S/c1-16(2)23-21(26)18-10-7-11-19(14-18)25(15-17-8-5-4-6-9-17)29(27,28)20-12-13-22-24(20)3/h4-14,16H,15H2,1-3H3,(H,23,26). The molecule has 0 radical (unpaired) electrons. The molecule has 1 amide bonds. The van der Waals surface area contributed by atoms with Crippen molar-refractivity contribution >= 4 is 21.6 Å². The van der Waals surface area contributed by atoms with Gasteiger partial charge in [-0.1, -0.05) is 36.4 Å². The van der Waals surface area contributed by atoms with Gasteiger partial charge in [0.15, 0.2) is 5.03 Å². The highest BCUT2D eigenvalue weighted by Crippen LogP contribution is 2.26. The van der Waals surface area contributed by atoms with Crippen LogP contribution >= 0.6 is 0 Å². The van der Waals surface area contributed by atoms with E-state index < -0.39 is 10.0 Å². The molecule has 3 rings (SSSR count). The summed E-state index contributed by atoms with van der Waals surface area (Å²) >= 11 is 0. The van der Waals surface area contributed by atoms with E-state index in [4.69, 9.17) is 0 Å². The van der Waals surface area contributed by atoms with Gasteiger partial charge in [-0.05, 0) is 43.7 Å². The average molecular weight is 413 g/mol. The van der Waals surface area contributed by atoms with Crippen molar-refractivity contribution in [2.45, 2.75) is 31.5 Å². The van der Waals surface area contributed by atoms with Crippen molar-refractivity contribution in [3.8, 4) is 0 Å². The number of aryl methyl sites for hydroxylation is 1. The number of rotatable bonds is 7. The second-order valence-corrected chi connectivity index (χ2v) is 8.78. The molecule has 0 saturated carbocycles. The predicted octanol–water partition coefficient (Wildman–Crippen LogP) is 2.95. The summed E-state index contributed by atoms with van der Waals surface area (Å²) in [4.78, 5) is 12.4. The minimum absolute atomic E-state index is 0.0234. The van der Waals surface area contributed by atoms with Gasteiger partial charge in [-0.2, -0.15) is 13.5 Å². The average Bonchev–Trinajstić information content (AvgIpc) is 3.13. The van der Waals surface area contributed by atoms with Crippen LogP contribution in [0.15, 0.2) is 71.9 Å². The van der Waals surface area contributed by atoms with E-state index in [1.807, 2.05) is 44.2 Å². The van der Waals surface area contributed by atoms with Gasteiger partial charge >= 0.3 is 0 Å². The first-order valence-electron chi connectivity index (χ1n) is 9.24. The number of carbonyl (C=O) groups excluding carboxylic acids is 1. The van der Waals surface area contributed by atoms with Crippen LogP contribution in [0.25, 0.3) is 0 Å². The largest absolute Gasteiger partial charge is 0.350 e. The molecule has 1 heterocycles. The number of hydrogen-bond donors (Lipinski definition) is 1. The van der Waals surface area contributed by atoms with Crippen molar-refractivity contribution in [1.82, 2.24) is 15.1 Å². The van der Waals surface area contributed by atoms with Crippen LogP contribution in [-0.4, -0.2) is 30.1 Å². The summed E-state index contributed by atoms with van der Waals surface area (Å²) in [6.45, 7) is 3.87. The number of aromatic nitrogens is 2. The Bertz CT molecular complexity index is 1090. The highest BCUT2D eigenvalue weighted by molar-refractivity contribution is 7.92. The zero-order valence-corrected chi connectivity index (χ0v) is 17.4. The monoisotopic (exact) mass is 412 g/mol. The molecule has 152 valence electrons. The van der Waals surface area contributed by atoms with E-state index in [1.54, 1.807) is 31.3 Å². The molecular formula is C21H24N4O3S. The zero-order chi connectivity index (χ0) is 21.0. The van der Waals surface area contributed by atoms with Gasteiger partial charge in [-0.25, -0.2) is 0 Å². The van der Waals surface area contributed by atoms with Crippen LogP contribution in [0, 0.1) is 0 Å². The van der Waals surface area contributed by atoms with E-state index in [0.29, 0.717) is 11.3 Å². The van der Waals surface area contributed by atoms with Crippen LogP contribution in [0.5, 0.6) is 0 Å². The third-order valence-corrected chi connectivity index (χ3v) is 6.16. The summed E-state index contributed by atoms with van der Waals surface area (Å²) in [5.41, 5.74) is 1.64. The second-order valence-electron chi connectivity index (χ2n) is 6.97. The lowest BCUT2D eigenvalue weighted by atomic mass is 10.1. The third kappa shape index (κ3) is 4.65. The van der Waals surface area contributed by atoms with Crippen molar-refractivity contribution in [2.75, 3.05) is 4.31 Å². The van der Waals surface area contributed by atoms with E-state index >= 15 is 0 Å². The molecule has 0 aliphatic heterocycles. The number of hydrogen-bond acceptors (Lipinski definition) is 4. The maximum Gasteiger partial charge on any atom is 0.281 e. The van der Waals surface area contributed by atoms with Crippen molar-refractivity contribution in [2.24, 2.45) is 7.05 Å². The van der Waals surface area contributed by atoms with E-state index in [-0.39, 0.29) is 23.5 Å². The van der Waals surface area contributed by atoms with Crippen LogP contribution in [0.2, 0.25) is 0 Å². The molecule has 3 aromatic rings. The van der Waals surface area contributed by atoms with Crippen LogP contribution in [0.1, 0.15) is 29.8 Å². The van der Waals surface area contributed by atoms with Crippen LogP contribution in [0.3, 0.4) is 0 Å². The van der Waals surface area contributed by atoms with Gasteiger partial charge < -0.3 is 5.32 Å². The second kappa shape index (κ2) is 8.48. The molecule has 0 aliphatic carbocycles. The Morgan fingerprint density at radius 1 is 1.10 bits per heavy atom. The number of carbonyl (C=O) groups is 1. The fraction of sp³-hybridized carbons (Fsp3) is 0.238. The lowest BCUT2D eigenvalue weighted by Gasteiger charge is -2.25. The first-order chi connectivity index (χ1) is 13.8. The SMILES string of the molecule is CC(C)NC(=O)c1cccc(N(Cc2ccccc2)S(=O)(=O)c2ccnn2C)c1. The van der Waals surface area contributed by atoms with Crippen LogP contribution < -0.4 is 9.62 Å². The highest BCUT2D eigenvalue weighted by atomic mass is 32.2. The van der Waals surface area contributed by atoms with Gasteiger partial charge in [0.1, 0.15) is 0 Å². The molecular weight excluding hydrogens is 388 g/mol. The van der Waals surface area contributed by atoms with Gasteiger partial charge in [-0.15, -0.1) is 0 Å². The molecule has 1 aromatic heterocycles. The Kier molecular flexibility index (Phi) is 6.03. The molecule has 7 nitrogen and oxygen atoms in total. The van der Waals surface area contributed by atoms with Crippen LogP contribution in [-0.2, 0) is 23.6 Å². The quantitative estimate of drug-likeness (QED) is 0.647. The van der Waals surface area contributed by atoms with Crippen molar-refractivity contribution in [3.63, 3.8) is 0 Å². The fourth-order valence-electron chi connectivity index (χ4n) is 2.94. The molecule has 8 heteroatoms. The van der Waals surface area contributed by atoms with Crippen molar-refractivity contribution in [1.29, 1.82) is 0 Å². The summed E-state index contributed by atoms with van der Waals surface area (Å²) in [5.74, 6) is -0.251. The van der Waals surface area contributed by atoms with Gasteiger partial charge in [-0.3, -0.25) is 13.8 Å². The predicted molar refractivity (Wildman–Crippen MR) is 112 cm³/mol. The minimum atomic E-state index is -3.90. The van der Waals surface area contributed by atoms with Gasteiger partial charge in [0.25, 0.3) is 15.9 Å². The minimum Gasteiger partial charge on any atom is -0.350 e. The third-order valence-electron chi connectivity index (χ3n) is 4.32. The number of sulfonamides is 1. The summed E-state index contributed by atoms with van der Waals surface area (Å²) in [7, 11) is -2.32. The van der Waals surface area contributed by atoms with Gasteiger partial charge in [0, 0.05) is 18.7 Å². The Hall–Kier alpha value is -3.13. The molecule has 0 bridgehead atoms. The molecule has 29 heavy (non-hydrogen) atoms. The number of amides is 1. The first-order valence-corrected chi connectivity index (χ1v) is 10.7. The first kappa shape index (κ1) is 20.6. The molecule has 0 spiro atoms. The summed E-state index contributed by atoms with van der Waals surface area (Å²) in [6.07, 6.45) is 1.44. The summed E-state index contributed by atoms with van der Waals surface area (Å²) in [5, 5.41) is 6.89. The van der Waals surface area contributed by atoms with E-state index in [1.165, 1.54) is 21.3 Å². The van der Waals surface area contributed by atoms with Crippen LogP contribution in [0.4, 0.5) is 5.69 Å². The Labute approximate surface area is 171 Å². The Morgan fingerprint density at radius 3 is 2.45 bits per heavy atom. The van der Waals surface area contributed by atoms with E-state index in [0.717, 1.165) is 5.56 Å². The smallest absolute Gasteiger partial charge is 0.281 e. The molecule has 1 N–H and O–H groups in total. The molecule has 0 aliphatic rings. The molecule has 0 fully saturated rings. The maximum atomic E-state index is 13.4. The zero-order valence-electron chi connectivity index (χ0n) is 16.6. The van der Waals surface area contributed by atoms with E-state index in [2.05, 4.69) is 10.4 Å². The lowest BCUT2D eigenvalue weighted by Crippen LogP contribution is -2.33. The fourth-order valence-corrected chi connectivity index (χ4v) is 4.49. The van der Waals surface area contributed by atoms with Crippen molar-refractivity contribution < 1.29 is 13.2 Å². The van der Waals surface area contributed by atoms with Gasteiger partial charge in [0.2, 0.25) is 0 Å². The molecule has 0 unspecified atom stereocenters. The molecule has 0 atom stereocenters. The normalized spacial score (nSPS) is 11.4. The Morgan fingerprint density at radius 2 is 1.83 bits per heavy atom. The topological polar surface area (TPSA) is 84.3 Å². The number of anilines is 1. The summed E-state index contributed by atoms with van der Waals surface area (Å²) in [6, 6.07) is 17.4. The number of nitrogens with one attached hydrogen (secondary N) is 1. The van der Waals surface area contributed by atoms with Gasteiger partial charge in [0.05, 0.1) is 18.4 Å². The van der Waals surface area contributed by atoms with E-state index in [9.17, 15) is 13.2 Å². The Balaban J connectivity index is 2.06. The van der Waals surface area contributed by atoms with Crippen molar-refractivity contribution in [3.05, 3.63) is 78.0 Å².